The minimum atomic E-state index is 0.185. The number of hydrogen-bond acceptors (Lipinski definition) is 6. The summed E-state index contributed by atoms with van der Waals surface area (Å²) in [5, 5.41) is 7.38. The number of nitrogen functional groups attached to an aromatic ring is 2. The number of rotatable bonds is 3. The van der Waals surface area contributed by atoms with Crippen molar-refractivity contribution in [1.29, 1.82) is 0 Å². The predicted molar refractivity (Wildman–Crippen MR) is 67.2 cm³/mol. The Kier molecular flexibility index (Phi) is 2.91. The largest absolute Gasteiger partial charge is 0.383 e. The molecule has 0 aliphatic rings. The number of nitrogens with two attached hydrogens (primary N) is 2. The molecule has 0 saturated carbocycles. The van der Waals surface area contributed by atoms with Crippen LogP contribution in [0.5, 0.6) is 0 Å². The van der Waals surface area contributed by atoms with Crippen molar-refractivity contribution in [3.05, 3.63) is 28.0 Å². The van der Waals surface area contributed by atoms with Gasteiger partial charge in [0.1, 0.15) is 11.6 Å². The summed E-state index contributed by atoms with van der Waals surface area (Å²) < 4.78 is 0. The van der Waals surface area contributed by atoms with Crippen LogP contribution in [0.4, 0.5) is 17.6 Å². The number of aryl methyl sites for hydroxylation is 1. The summed E-state index contributed by atoms with van der Waals surface area (Å²) in [6.45, 7) is 2.79. The van der Waals surface area contributed by atoms with E-state index in [9.17, 15) is 0 Å². The molecule has 6 heteroatoms. The summed E-state index contributed by atoms with van der Waals surface area (Å²) in [7, 11) is 0. The normalized spacial score (nSPS) is 10.3. The molecule has 0 radical (unpaired) electrons. The maximum atomic E-state index is 5.57. The van der Waals surface area contributed by atoms with Gasteiger partial charge in [-0.3, -0.25) is 0 Å². The van der Waals surface area contributed by atoms with Crippen LogP contribution in [0.3, 0.4) is 0 Å². The summed E-state index contributed by atoms with van der Waals surface area (Å²) in [5.74, 6) is 1.21. The number of aromatic nitrogens is 2. The van der Waals surface area contributed by atoms with Gasteiger partial charge in [-0.2, -0.15) is 21.3 Å². The van der Waals surface area contributed by atoms with Gasteiger partial charge < -0.3 is 16.8 Å². The molecule has 84 valence electrons. The lowest BCUT2D eigenvalue weighted by molar-refractivity contribution is 1.09. The van der Waals surface area contributed by atoms with Crippen molar-refractivity contribution >= 4 is 28.9 Å². The average Bonchev–Trinajstić information content (AvgIpc) is 2.59. The summed E-state index contributed by atoms with van der Waals surface area (Å²) >= 11 is 1.69. The van der Waals surface area contributed by atoms with E-state index in [-0.39, 0.29) is 5.95 Å². The molecule has 0 aliphatic heterocycles. The van der Waals surface area contributed by atoms with Crippen molar-refractivity contribution in [1.82, 2.24) is 9.97 Å². The molecular formula is C10H13N5S. The molecule has 2 rings (SSSR count). The molecule has 2 aromatic rings. The minimum Gasteiger partial charge on any atom is -0.383 e. The monoisotopic (exact) mass is 235 g/mol. The summed E-state index contributed by atoms with van der Waals surface area (Å²) in [6.07, 6.45) is 0. The predicted octanol–water partition coefficient (Wildman–Crippen LogP) is 1.62. The highest BCUT2D eigenvalue weighted by molar-refractivity contribution is 7.08. The highest BCUT2D eigenvalue weighted by Gasteiger charge is 2.02. The Morgan fingerprint density at radius 1 is 1.31 bits per heavy atom. The van der Waals surface area contributed by atoms with Crippen molar-refractivity contribution in [2.75, 3.05) is 16.8 Å². The molecule has 16 heavy (non-hydrogen) atoms. The maximum Gasteiger partial charge on any atom is 0.223 e. The molecule has 5 nitrogen and oxygen atoms in total. The van der Waals surface area contributed by atoms with E-state index in [4.69, 9.17) is 11.5 Å². The Bertz CT molecular complexity index is 473. The van der Waals surface area contributed by atoms with Crippen LogP contribution in [0.15, 0.2) is 16.8 Å². The Labute approximate surface area is 97.5 Å². The van der Waals surface area contributed by atoms with Gasteiger partial charge >= 0.3 is 0 Å². The zero-order valence-electron chi connectivity index (χ0n) is 8.90. The number of hydrogen-bond donors (Lipinski definition) is 3. The van der Waals surface area contributed by atoms with Gasteiger partial charge in [-0.1, -0.05) is 0 Å². The molecule has 0 fully saturated rings. The molecule has 5 N–H and O–H groups in total. The maximum absolute atomic E-state index is 5.57. The van der Waals surface area contributed by atoms with Crippen molar-refractivity contribution in [2.24, 2.45) is 0 Å². The zero-order valence-corrected chi connectivity index (χ0v) is 9.71. The van der Waals surface area contributed by atoms with Crippen molar-refractivity contribution < 1.29 is 0 Å². The Morgan fingerprint density at radius 2 is 2.12 bits per heavy atom. The molecule has 0 bridgehead atoms. The van der Waals surface area contributed by atoms with Gasteiger partial charge in [-0.15, -0.1) is 0 Å². The molecule has 0 aromatic carbocycles. The van der Waals surface area contributed by atoms with Gasteiger partial charge in [0.25, 0.3) is 0 Å². The quantitative estimate of drug-likeness (QED) is 0.752. The molecule has 0 unspecified atom stereocenters. The Hall–Kier alpha value is -1.82. The Morgan fingerprint density at radius 3 is 2.75 bits per heavy atom. The Balaban J connectivity index is 2.07. The fourth-order valence-corrected chi connectivity index (χ4v) is 2.19. The van der Waals surface area contributed by atoms with Crippen molar-refractivity contribution in [2.45, 2.75) is 13.5 Å². The second-order valence-electron chi connectivity index (χ2n) is 3.47. The number of nitrogens with one attached hydrogen (secondary N) is 1. The molecular weight excluding hydrogens is 222 g/mol. The summed E-state index contributed by atoms with van der Waals surface area (Å²) in [5.41, 5.74) is 13.6. The van der Waals surface area contributed by atoms with Gasteiger partial charge in [0.05, 0.1) is 0 Å². The van der Waals surface area contributed by atoms with Gasteiger partial charge in [0, 0.05) is 12.6 Å². The SMILES string of the molecule is Cc1cscc1CNc1cc(N)nc(N)n1. The van der Waals surface area contributed by atoms with E-state index in [0.29, 0.717) is 18.2 Å². The first-order valence-corrected chi connectivity index (χ1v) is 5.75. The van der Waals surface area contributed by atoms with Crippen LogP contribution < -0.4 is 16.8 Å². The van der Waals surface area contributed by atoms with Crippen LogP contribution in [0.1, 0.15) is 11.1 Å². The lowest BCUT2D eigenvalue weighted by Crippen LogP contribution is -2.06. The molecule has 2 aromatic heterocycles. The first-order chi connectivity index (χ1) is 7.65. The molecule has 0 atom stereocenters. The third-order valence-corrected chi connectivity index (χ3v) is 3.10. The number of thiophene rings is 1. The minimum absolute atomic E-state index is 0.185. The molecule has 2 heterocycles. The third kappa shape index (κ3) is 2.40. The smallest absolute Gasteiger partial charge is 0.223 e. The van der Waals surface area contributed by atoms with Crippen LogP contribution in [0, 0.1) is 6.92 Å². The first-order valence-electron chi connectivity index (χ1n) is 4.80. The van der Waals surface area contributed by atoms with E-state index >= 15 is 0 Å². The summed E-state index contributed by atoms with van der Waals surface area (Å²) in [6, 6.07) is 1.66. The standard InChI is InChI=1S/C10H13N5S/c1-6-4-16-5-7(6)3-13-9-2-8(11)14-10(12)15-9/h2,4-5H,3H2,1H3,(H5,11,12,13,14,15). The van der Waals surface area contributed by atoms with E-state index in [1.165, 1.54) is 11.1 Å². The van der Waals surface area contributed by atoms with Crippen molar-refractivity contribution in [3.63, 3.8) is 0 Å². The average molecular weight is 235 g/mol. The lowest BCUT2D eigenvalue weighted by Gasteiger charge is -2.06. The van der Waals surface area contributed by atoms with Crippen LogP contribution in [0.25, 0.3) is 0 Å². The highest BCUT2D eigenvalue weighted by Crippen LogP contribution is 2.16. The third-order valence-electron chi connectivity index (χ3n) is 2.18. The van der Waals surface area contributed by atoms with Gasteiger partial charge in [-0.25, -0.2) is 0 Å². The second kappa shape index (κ2) is 4.36. The molecule has 0 aliphatic carbocycles. The van der Waals surface area contributed by atoms with E-state index in [2.05, 4.69) is 33.0 Å². The van der Waals surface area contributed by atoms with Crippen LogP contribution in [-0.4, -0.2) is 9.97 Å². The first kappa shape index (κ1) is 10.7. The zero-order chi connectivity index (χ0) is 11.5. The fourth-order valence-electron chi connectivity index (χ4n) is 1.33. The van der Waals surface area contributed by atoms with Gasteiger partial charge in [0.2, 0.25) is 5.95 Å². The topological polar surface area (TPSA) is 89.8 Å². The number of anilines is 3. The van der Waals surface area contributed by atoms with Crippen LogP contribution in [0.2, 0.25) is 0 Å². The molecule has 0 spiro atoms. The second-order valence-corrected chi connectivity index (χ2v) is 4.21. The number of nitrogens with zero attached hydrogens (tertiary/aromatic N) is 2. The molecule has 0 amide bonds. The lowest BCUT2D eigenvalue weighted by atomic mass is 10.2. The van der Waals surface area contributed by atoms with E-state index in [1.54, 1.807) is 17.4 Å². The van der Waals surface area contributed by atoms with E-state index in [0.717, 1.165) is 0 Å². The van der Waals surface area contributed by atoms with E-state index < -0.39 is 0 Å². The van der Waals surface area contributed by atoms with Gasteiger partial charge in [0.15, 0.2) is 0 Å². The van der Waals surface area contributed by atoms with Gasteiger partial charge in [-0.05, 0) is 28.8 Å². The fraction of sp³-hybridized carbons (Fsp3) is 0.200. The van der Waals surface area contributed by atoms with Crippen LogP contribution in [-0.2, 0) is 6.54 Å². The van der Waals surface area contributed by atoms with Crippen LogP contribution >= 0.6 is 11.3 Å². The van der Waals surface area contributed by atoms with Crippen molar-refractivity contribution in [3.8, 4) is 0 Å². The van der Waals surface area contributed by atoms with E-state index in [1.807, 2.05) is 0 Å². The summed E-state index contributed by atoms with van der Waals surface area (Å²) in [4.78, 5) is 7.85. The molecule has 0 saturated heterocycles. The highest BCUT2D eigenvalue weighted by atomic mass is 32.1.